The van der Waals surface area contributed by atoms with Crippen LogP contribution in [0.1, 0.15) is 13.8 Å². The maximum Gasteiger partial charge on any atom is 0.303 e. The summed E-state index contributed by atoms with van der Waals surface area (Å²) in [6.07, 6.45) is 2.32. The van der Waals surface area contributed by atoms with Gasteiger partial charge in [-0.15, -0.1) is 0 Å². The van der Waals surface area contributed by atoms with E-state index in [0.717, 1.165) is 0 Å². The zero-order chi connectivity index (χ0) is 13.2. The monoisotopic (exact) mass is 258 g/mol. The van der Waals surface area contributed by atoms with E-state index in [4.69, 9.17) is 9.47 Å². The Morgan fingerprint density at radius 2 is 1.41 bits per heavy atom. The summed E-state index contributed by atoms with van der Waals surface area (Å²) in [4.78, 5) is 32.1. The van der Waals surface area contributed by atoms with Crippen LogP contribution >= 0.6 is 0 Å². The van der Waals surface area contributed by atoms with Crippen molar-refractivity contribution in [1.82, 2.24) is 0 Å². The summed E-state index contributed by atoms with van der Waals surface area (Å²) in [5, 5.41) is 0. The summed E-state index contributed by atoms with van der Waals surface area (Å²) in [6, 6.07) is 0. The van der Waals surface area contributed by atoms with E-state index in [1.54, 1.807) is 25.2 Å². The molecule has 3 atom stereocenters. The van der Waals surface area contributed by atoms with E-state index in [1.165, 1.54) is 13.8 Å². The van der Waals surface area contributed by atoms with Gasteiger partial charge in [0.05, 0.1) is 5.54 Å². The van der Waals surface area contributed by atoms with Gasteiger partial charge in [0.2, 0.25) is 0 Å². The molecule has 1 aliphatic carbocycles. The van der Waals surface area contributed by atoms with Crippen LogP contribution in [0.2, 0.25) is 18.6 Å². The summed E-state index contributed by atoms with van der Waals surface area (Å²) < 4.78 is 10.2. The standard InChI is InChI=1S/C11H18O5Si/c1-7(12)15-9-5-6-10(16-8(2)13)11(9)17(3,4)14/h5-6,9-11,14H,1-4H3/t9-,10+,11?. The molecular formula is C11H18O5Si. The zero-order valence-corrected chi connectivity index (χ0v) is 11.5. The molecule has 0 bridgehead atoms. The summed E-state index contributed by atoms with van der Waals surface area (Å²) in [5.74, 6) is -0.822. The Hall–Kier alpha value is -1.14. The number of hydrogen-bond acceptors (Lipinski definition) is 5. The Morgan fingerprint density at radius 1 is 1.06 bits per heavy atom. The van der Waals surface area contributed by atoms with Gasteiger partial charge in [-0.2, -0.15) is 0 Å². The molecule has 0 amide bonds. The van der Waals surface area contributed by atoms with Gasteiger partial charge in [0, 0.05) is 13.8 Å². The van der Waals surface area contributed by atoms with E-state index < -0.39 is 32.5 Å². The topological polar surface area (TPSA) is 72.8 Å². The predicted molar refractivity (Wildman–Crippen MR) is 63.7 cm³/mol. The van der Waals surface area contributed by atoms with Gasteiger partial charge in [-0.25, -0.2) is 0 Å². The number of rotatable bonds is 3. The molecule has 17 heavy (non-hydrogen) atoms. The lowest BCUT2D eigenvalue weighted by Gasteiger charge is -2.31. The molecule has 0 heterocycles. The highest BCUT2D eigenvalue weighted by Gasteiger charge is 2.46. The molecule has 96 valence electrons. The highest BCUT2D eigenvalue weighted by molar-refractivity contribution is 6.71. The lowest BCUT2D eigenvalue weighted by atomic mass is 10.2. The lowest BCUT2D eigenvalue weighted by Crippen LogP contribution is -2.44. The normalized spacial score (nSPS) is 27.9. The quantitative estimate of drug-likeness (QED) is 0.464. The molecule has 0 spiro atoms. The number of esters is 2. The maximum absolute atomic E-state index is 11.0. The third-order valence-corrected chi connectivity index (χ3v) is 4.91. The van der Waals surface area contributed by atoms with Gasteiger partial charge in [-0.3, -0.25) is 9.59 Å². The van der Waals surface area contributed by atoms with Crippen LogP contribution in [-0.4, -0.2) is 37.3 Å². The number of hydrogen-bond donors (Lipinski definition) is 1. The molecule has 0 saturated heterocycles. The SMILES string of the molecule is CC(=O)O[C@H]1C=C[C@@H](OC(C)=O)C1[Si](C)(C)O. The number of carbonyl (C=O) groups is 2. The van der Waals surface area contributed by atoms with Crippen LogP contribution in [0.5, 0.6) is 0 Å². The summed E-state index contributed by atoms with van der Waals surface area (Å²) >= 11 is 0. The van der Waals surface area contributed by atoms with Crippen molar-refractivity contribution < 1.29 is 23.9 Å². The van der Waals surface area contributed by atoms with Gasteiger partial charge in [0.25, 0.3) is 0 Å². The van der Waals surface area contributed by atoms with E-state index in [1.807, 2.05) is 0 Å². The second kappa shape index (κ2) is 5.01. The molecule has 1 N–H and O–H groups in total. The van der Waals surface area contributed by atoms with Crippen molar-refractivity contribution in [2.24, 2.45) is 0 Å². The van der Waals surface area contributed by atoms with Crippen molar-refractivity contribution in [3.8, 4) is 0 Å². The fourth-order valence-corrected chi connectivity index (χ4v) is 4.02. The molecule has 0 radical (unpaired) electrons. The zero-order valence-electron chi connectivity index (χ0n) is 10.5. The summed E-state index contributed by atoms with van der Waals surface area (Å²) in [7, 11) is -2.60. The van der Waals surface area contributed by atoms with Gasteiger partial charge in [-0.05, 0) is 25.2 Å². The third-order valence-electron chi connectivity index (χ3n) is 2.62. The first kappa shape index (κ1) is 13.9. The molecule has 0 aromatic heterocycles. The molecule has 1 unspecified atom stereocenters. The molecule has 1 aliphatic rings. The van der Waals surface area contributed by atoms with Gasteiger partial charge >= 0.3 is 11.9 Å². The van der Waals surface area contributed by atoms with Crippen molar-refractivity contribution in [3.63, 3.8) is 0 Å². The predicted octanol–water partition coefficient (Wildman–Crippen LogP) is 0.987. The molecule has 0 aromatic carbocycles. The van der Waals surface area contributed by atoms with E-state index in [2.05, 4.69) is 0 Å². The lowest BCUT2D eigenvalue weighted by molar-refractivity contribution is -0.147. The van der Waals surface area contributed by atoms with Crippen molar-refractivity contribution in [2.75, 3.05) is 0 Å². The molecule has 0 fully saturated rings. The minimum absolute atomic E-state index is 0.352. The first-order valence-corrected chi connectivity index (χ1v) is 8.49. The van der Waals surface area contributed by atoms with Gasteiger partial charge < -0.3 is 14.3 Å². The van der Waals surface area contributed by atoms with Crippen LogP contribution in [0.25, 0.3) is 0 Å². The van der Waals surface area contributed by atoms with E-state index in [0.29, 0.717) is 0 Å². The molecule has 1 rings (SSSR count). The minimum Gasteiger partial charge on any atom is -0.458 e. The van der Waals surface area contributed by atoms with Crippen molar-refractivity contribution in [3.05, 3.63) is 12.2 Å². The maximum atomic E-state index is 11.0. The Labute approximate surface area is 102 Å². The molecule has 0 aliphatic heterocycles. The second-order valence-corrected chi connectivity index (χ2v) is 8.69. The van der Waals surface area contributed by atoms with Gasteiger partial charge in [0.15, 0.2) is 8.32 Å². The van der Waals surface area contributed by atoms with E-state index in [9.17, 15) is 14.4 Å². The summed E-state index contributed by atoms with van der Waals surface area (Å²) in [5.41, 5.74) is -0.352. The van der Waals surface area contributed by atoms with Crippen molar-refractivity contribution in [2.45, 2.75) is 44.7 Å². The number of carbonyl (C=O) groups excluding carboxylic acids is 2. The molecule has 5 nitrogen and oxygen atoms in total. The second-order valence-electron chi connectivity index (χ2n) is 4.71. The summed E-state index contributed by atoms with van der Waals surface area (Å²) in [6.45, 7) is 6.10. The Balaban J connectivity index is 2.85. The average molecular weight is 258 g/mol. The Kier molecular flexibility index (Phi) is 4.10. The van der Waals surface area contributed by atoms with Crippen LogP contribution in [0, 0.1) is 0 Å². The van der Waals surface area contributed by atoms with Crippen molar-refractivity contribution in [1.29, 1.82) is 0 Å². The largest absolute Gasteiger partial charge is 0.458 e. The first-order valence-electron chi connectivity index (χ1n) is 5.47. The van der Waals surface area contributed by atoms with Crippen LogP contribution in [-0.2, 0) is 19.1 Å². The van der Waals surface area contributed by atoms with Gasteiger partial charge in [0.1, 0.15) is 12.2 Å². The van der Waals surface area contributed by atoms with Crippen LogP contribution in [0.15, 0.2) is 12.2 Å². The van der Waals surface area contributed by atoms with Crippen LogP contribution in [0.4, 0.5) is 0 Å². The number of ether oxygens (including phenoxy) is 2. The smallest absolute Gasteiger partial charge is 0.303 e. The highest BCUT2D eigenvalue weighted by atomic mass is 28.4. The molecule has 6 heteroatoms. The van der Waals surface area contributed by atoms with Crippen LogP contribution < -0.4 is 0 Å². The van der Waals surface area contributed by atoms with Crippen LogP contribution in [0.3, 0.4) is 0 Å². The molecular weight excluding hydrogens is 240 g/mol. The highest BCUT2D eigenvalue weighted by Crippen LogP contribution is 2.37. The van der Waals surface area contributed by atoms with Crippen molar-refractivity contribution >= 4 is 20.3 Å². The fourth-order valence-electron chi connectivity index (χ4n) is 2.06. The Bertz CT molecular complexity index is 318. The third kappa shape index (κ3) is 3.67. The van der Waals surface area contributed by atoms with Gasteiger partial charge in [-0.1, -0.05) is 0 Å². The minimum atomic E-state index is -2.60. The fraction of sp³-hybridized carbons (Fsp3) is 0.636. The van der Waals surface area contributed by atoms with E-state index in [-0.39, 0.29) is 5.54 Å². The molecule has 0 aromatic rings. The average Bonchev–Trinajstić information content (AvgIpc) is 2.44. The molecule has 0 saturated carbocycles. The Morgan fingerprint density at radius 3 is 1.65 bits per heavy atom. The van der Waals surface area contributed by atoms with E-state index >= 15 is 0 Å². The first-order chi connectivity index (χ1) is 7.71.